The minimum Gasteiger partial charge on any atom is -0.394 e. The molecule has 8 atom stereocenters. The van der Waals surface area contributed by atoms with Crippen molar-refractivity contribution in [3.8, 4) is 0 Å². The van der Waals surface area contributed by atoms with Crippen LogP contribution < -0.4 is 5.32 Å². The van der Waals surface area contributed by atoms with E-state index in [4.69, 9.17) is 9.47 Å². The van der Waals surface area contributed by atoms with Crippen molar-refractivity contribution in [2.45, 2.75) is 236 Å². The Hall–Kier alpha value is -1.11. The van der Waals surface area contributed by atoms with Crippen LogP contribution in [0.5, 0.6) is 0 Å². The van der Waals surface area contributed by atoms with Crippen LogP contribution in [0.1, 0.15) is 187 Å². The molecule has 0 saturated carbocycles. The van der Waals surface area contributed by atoms with Crippen molar-refractivity contribution in [1.82, 2.24) is 5.32 Å². The van der Waals surface area contributed by atoms with Gasteiger partial charge in [0.2, 0.25) is 5.91 Å². The van der Waals surface area contributed by atoms with Gasteiger partial charge in [0.25, 0.3) is 0 Å². The van der Waals surface area contributed by atoms with E-state index in [9.17, 15) is 35.4 Å². The first kappa shape index (κ1) is 48.9. The van der Waals surface area contributed by atoms with Crippen LogP contribution in [-0.2, 0) is 14.3 Å². The van der Waals surface area contributed by atoms with Gasteiger partial charge >= 0.3 is 0 Å². The summed E-state index contributed by atoms with van der Waals surface area (Å²) in [6.45, 7) is 3.59. The zero-order chi connectivity index (χ0) is 38.2. The predicted molar refractivity (Wildman–Crippen MR) is 209 cm³/mol. The van der Waals surface area contributed by atoms with Crippen molar-refractivity contribution >= 4 is 5.91 Å². The second kappa shape index (κ2) is 33.2. The third-order valence-corrected chi connectivity index (χ3v) is 10.5. The van der Waals surface area contributed by atoms with E-state index in [1.54, 1.807) is 6.08 Å². The van der Waals surface area contributed by atoms with Crippen LogP contribution in [0.2, 0.25) is 0 Å². The molecular weight excluding hydrogens is 662 g/mol. The Labute approximate surface area is 317 Å². The molecule has 0 aromatic rings. The summed E-state index contributed by atoms with van der Waals surface area (Å²) in [6, 6.07) is -0.973. The van der Waals surface area contributed by atoms with E-state index < -0.39 is 61.5 Å². The van der Waals surface area contributed by atoms with Gasteiger partial charge in [0.05, 0.1) is 25.4 Å². The Morgan fingerprint density at radius 2 is 1.10 bits per heavy atom. The van der Waals surface area contributed by atoms with Gasteiger partial charge in [-0.05, 0) is 19.3 Å². The van der Waals surface area contributed by atoms with Gasteiger partial charge in [-0.25, -0.2) is 0 Å². The summed E-state index contributed by atoms with van der Waals surface area (Å²) in [6.07, 6.45) is 25.8. The van der Waals surface area contributed by atoms with E-state index in [-0.39, 0.29) is 6.61 Å². The lowest BCUT2D eigenvalue weighted by Crippen LogP contribution is -2.60. The van der Waals surface area contributed by atoms with Gasteiger partial charge in [-0.15, -0.1) is 0 Å². The van der Waals surface area contributed by atoms with Crippen molar-refractivity contribution < 1.29 is 44.9 Å². The molecule has 52 heavy (non-hydrogen) atoms. The highest BCUT2D eigenvalue weighted by molar-refractivity contribution is 5.80. The van der Waals surface area contributed by atoms with E-state index in [1.807, 2.05) is 6.08 Å². The summed E-state index contributed by atoms with van der Waals surface area (Å²) < 4.78 is 11.1. The van der Waals surface area contributed by atoms with Crippen molar-refractivity contribution in [3.05, 3.63) is 12.2 Å². The molecule has 0 bridgehead atoms. The molecule has 308 valence electrons. The van der Waals surface area contributed by atoms with Crippen LogP contribution in [0.4, 0.5) is 0 Å². The smallest absolute Gasteiger partial charge is 0.249 e. The first-order valence-corrected chi connectivity index (χ1v) is 21.5. The number of allylic oxidation sites excluding steroid dienone is 1. The average Bonchev–Trinajstić information content (AvgIpc) is 3.14. The van der Waals surface area contributed by atoms with E-state index >= 15 is 0 Å². The minimum atomic E-state index is -1.61. The lowest BCUT2D eigenvalue weighted by atomic mass is 9.99. The normalized spacial score (nSPS) is 22.5. The Bertz CT molecular complexity index is 844. The Morgan fingerprint density at radius 1 is 0.654 bits per heavy atom. The zero-order valence-corrected chi connectivity index (χ0v) is 33.2. The number of hydrogen-bond donors (Lipinski definition) is 7. The third kappa shape index (κ3) is 23.6. The van der Waals surface area contributed by atoms with Crippen molar-refractivity contribution in [2.24, 2.45) is 0 Å². The molecule has 8 unspecified atom stereocenters. The van der Waals surface area contributed by atoms with E-state index in [0.29, 0.717) is 6.42 Å². The first-order chi connectivity index (χ1) is 25.3. The lowest BCUT2D eigenvalue weighted by Gasteiger charge is -2.40. The number of aliphatic hydroxyl groups excluding tert-OH is 6. The maximum absolute atomic E-state index is 13.0. The van der Waals surface area contributed by atoms with Crippen LogP contribution in [0, 0.1) is 0 Å². The molecule has 1 rings (SSSR count). The molecule has 10 heteroatoms. The summed E-state index contributed by atoms with van der Waals surface area (Å²) >= 11 is 0. The van der Waals surface area contributed by atoms with Gasteiger partial charge in [0, 0.05) is 0 Å². The van der Waals surface area contributed by atoms with Crippen molar-refractivity contribution in [3.63, 3.8) is 0 Å². The molecule has 1 amide bonds. The quantitative estimate of drug-likeness (QED) is 0.0264. The molecule has 1 aliphatic rings. The fraction of sp³-hybridized carbons (Fsp3) is 0.929. The van der Waals surface area contributed by atoms with Gasteiger partial charge in [0.15, 0.2) is 6.29 Å². The average molecular weight is 744 g/mol. The number of rotatable bonds is 35. The number of ether oxygens (including phenoxy) is 2. The molecule has 1 saturated heterocycles. The molecule has 0 aliphatic carbocycles. The van der Waals surface area contributed by atoms with Gasteiger partial charge in [-0.1, -0.05) is 180 Å². The highest BCUT2D eigenvalue weighted by atomic mass is 16.7. The molecule has 0 aromatic carbocycles. The molecular formula is C42H81NO9. The number of nitrogens with one attached hydrogen (secondary N) is 1. The maximum atomic E-state index is 13.0. The largest absolute Gasteiger partial charge is 0.394 e. The van der Waals surface area contributed by atoms with Gasteiger partial charge in [0.1, 0.15) is 30.5 Å². The fourth-order valence-corrected chi connectivity index (χ4v) is 6.87. The lowest BCUT2D eigenvalue weighted by molar-refractivity contribution is -0.302. The maximum Gasteiger partial charge on any atom is 0.249 e. The number of aliphatic hydroxyl groups is 6. The topological polar surface area (TPSA) is 169 Å². The Balaban J connectivity index is 2.47. The van der Waals surface area contributed by atoms with Crippen LogP contribution in [-0.4, -0.2) is 98.7 Å². The standard InChI is InChI=1S/C42H81NO9/c1-3-5-7-9-11-13-15-17-18-19-21-22-24-26-28-30-35(45)34(33-51-42-40(49)39(48)38(47)37(32-44)52-42)43-41(50)36(46)31-29-27-25-23-20-16-14-12-10-8-6-4-2/h28,30,34-40,42,44-49H,3-27,29,31-33H2,1-2H3,(H,43,50)/b30-28+. The first-order valence-electron chi connectivity index (χ1n) is 21.5. The van der Waals surface area contributed by atoms with Gasteiger partial charge in [-0.3, -0.25) is 4.79 Å². The highest BCUT2D eigenvalue weighted by Gasteiger charge is 2.44. The second-order valence-corrected chi connectivity index (χ2v) is 15.3. The van der Waals surface area contributed by atoms with Gasteiger partial charge < -0.3 is 45.4 Å². The SMILES string of the molecule is CCCCCCCCCCCCCCC/C=C/C(O)C(COC1OC(CO)C(O)C(O)C1O)NC(=O)C(O)CCCCCCCCCCCCCC. The molecule has 7 N–H and O–H groups in total. The monoisotopic (exact) mass is 744 g/mol. The molecule has 0 spiro atoms. The second-order valence-electron chi connectivity index (χ2n) is 15.3. The molecule has 1 fully saturated rings. The van der Waals surface area contributed by atoms with Crippen molar-refractivity contribution in [1.29, 1.82) is 0 Å². The number of amides is 1. The molecule has 1 aliphatic heterocycles. The van der Waals surface area contributed by atoms with Crippen LogP contribution in [0.15, 0.2) is 12.2 Å². The summed E-state index contributed by atoms with van der Waals surface area (Å²) in [5.74, 6) is -0.616. The Morgan fingerprint density at radius 3 is 1.56 bits per heavy atom. The summed E-state index contributed by atoms with van der Waals surface area (Å²) in [5.41, 5.74) is 0. The molecule has 0 aromatic heterocycles. The number of carbonyl (C=O) groups excluding carboxylic acids is 1. The van der Waals surface area contributed by atoms with Crippen molar-refractivity contribution in [2.75, 3.05) is 13.2 Å². The molecule has 1 heterocycles. The van der Waals surface area contributed by atoms with Gasteiger partial charge in [-0.2, -0.15) is 0 Å². The number of carbonyl (C=O) groups is 1. The Kier molecular flexibility index (Phi) is 31.3. The zero-order valence-electron chi connectivity index (χ0n) is 33.2. The summed E-state index contributed by atoms with van der Waals surface area (Å²) in [5, 5.41) is 64.5. The van der Waals surface area contributed by atoms with Crippen LogP contribution in [0.25, 0.3) is 0 Å². The predicted octanol–water partition coefficient (Wildman–Crippen LogP) is 7.14. The van der Waals surface area contributed by atoms with Crippen LogP contribution >= 0.6 is 0 Å². The van der Waals surface area contributed by atoms with E-state index in [1.165, 1.54) is 122 Å². The number of unbranched alkanes of at least 4 members (excludes halogenated alkanes) is 24. The van der Waals surface area contributed by atoms with Crippen LogP contribution in [0.3, 0.4) is 0 Å². The van der Waals surface area contributed by atoms with E-state index in [0.717, 1.165) is 44.9 Å². The van der Waals surface area contributed by atoms with E-state index in [2.05, 4.69) is 19.2 Å². The molecule has 10 nitrogen and oxygen atoms in total. The highest BCUT2D eigenvalue weighted by Crippen LogP contribution is 2.23. The number of hydrogen-bond acceptors (Lipinski definition) is 9. The minimum absolute atomic E-state index is 0.302. The summed E-state index contributed by atoms with van der Waals surface area (Å²) in [4.78, 5) is 13.0. The molecule has 0 radical (unpaired) electrons. The third-order valence-electron chi connectivity index (χ3n) is 10.5. The summed E-state index contributed by atoms with van der Waals surface area (Å²) in [7, 11) is 0. The fourth-order valence-electron chi connectivity index (χ4n) is 6.87.